The average molecular weight is 236 g/mol. The zero-order chi connectivity index (χ0) is 12.9. The Labute approximate surface area is 102 Å². The highest BCUT2D eigenvalue weighted by molar-refractivity contribution is 5.93. The SMILES string of the molecule is CCC(C)(C)OCc1cccc(C(=O)NN)c1. The number of rotatable bonds is 5. The first-order valence-electron chi connectivity index (χ1n) is 5.72. The van der Waals surface area contributed by atoms with Gasteiger partial charge in [0, 0.05) is 5.56 Å². The molecule has 0 aromatic heterocycles. The minimum absolute atomic E-state index is 0.147. The maximum absolute atomic E-state index is 11.3. The van der Waals surface area contributed by atoms with Gasteiger partial charge in [0.05, 0.1) is 12.2 Å². The molecule has 94 valence electrons. The van der Waals surface area contributed by atoms with Gasteiger partial charge in [-0.05, 0) is 38.0 Å². The fraction of sp³-hybridized carbons (Fsp3) is 0.462. The van der Waals surface area contributed by atoms with Crippen LogP contribution in [0.3, 0.4) is 0 Å². The number of carbonyl (C=O) groups excluding carboxylic acids is 1. The molecule has 3 N–H and O–H groups in total. The van der Waals surface area contributed by atoms with Gasteiger partial charge in [0.15, 0.2) is 0 Å². The van der Waals surface area contributed by atoms with E-state index in [-0.39, 0.29) is 11.5 Å². The summed E-state index contributed by atoms with van der Waals surface area (Å²) < 4.78 is 5.77. The standard InChI is InChI=1S/C13H20N2O2/c1-4-13(2,3)17-9-10-6-5-7-11(8-10)12(16)15-14/h5-8H,4,9,14H2,1-3H3,(H,15,16). The van der Waals surface area contributed by atoms with E-state index < -0.39 is 0 Å². The molecule has 4 heteroatoms. The number of ether oxygens (including phenoxy) is 1. The largest absolute Gasteiger partial charge is 0.371 e. The summed E-state index contributed by atoms with van der Waals surface area (Å²) in [5, 5.41) is 0. The van der Waals surface area contributed by atoms with Gasteiger partial charge in [-0.15, -0.1) is 0 Å². The highest BCUT2D eigenvalue weighted by atomic mass is 16.5. The van der Waals surface area contributed by atoms with Gasteiger partial charge < -0.3 is 4.74 Å². The van der Waals surface area contributed by atoms with Gasteiger partial charge in [0.2, 0.25) is 0 Å². The highest BCUT2D eigenvalue weighted by Crippen LogP contribution is 2.17. The summed E-state index contributed by atoms with van der Waals surface area (Å²) in [4.78, 5) is 11.3. The Morgan fingerprint density at radius 3 is 2.76 bits per heavy atom. The Hall–Kier alpha value is -1.39. The van der Waals surface area contributed by atoms with Crippen LogP contribution in [0.1, 0.15) is 43.1 Å². The summed E-state index contributed by atoms with van der Waals surface area (Å²) in [5.41, 5.74) is 3.48. The van der Waals surface area contributed by atoms with Crippen LogP contribution < -0.4 is 11.3 Å². The van der Waals surface area contributed by atoms with Crippen LogP contribution in [0.4, 0.5) is 0 Å². The molecule has 0 aliphatic heterocycles. The van der Waals surface area contributed by atoms with E-state index in [1.165, 1.54) is 0 Å². The third-order valence-electron chi connectivity index (χ3n) is 2.80. The van der Waals surface area contributed by atoms with E-state index in [1.54, 1.807) is 12.1 Å². The van der Waals surface area contributed by atoms with Crippen LogP contribution in [0, 0.1) is 0 Å². The smallest absolute Gasteiger partial charge is 0.265 e. The van der Waals surface area contributed by atoms with Gasteiger partial charge in [-0.25, -0.2) is 5.84 Å². The van der Waals surface area contributed by atoms with Gasteiger partial charge in [0.1, 0.15) is 0 Å². The molecule has 1 amide bonds. The Morgan fingerprint density at radius 1 is 1.47 bits per heavy atom. The number of hydrazine groups is 1. The van der Waals surface area contributed by atoms with Crippen LogP contribution in [0.15, 0.2) is 24.3 Å². The Balaban J connectivity index is 2.70. The van der Waals surface area contributed by atoms with E-state index in [0.29, 0.717) is 12.2 Å². The minimum Gasteiger partial charge on any atom is -0.371 e. The number of nitrogens with two attached hydrogens (primary N) is 1. The van der Waals surface area contributed by atoms with Gasteiger partial charge in [-0.1, -0.05) is 19.1 Å². The predicted molar refractivity (Wildman–Crippen MR) is 67.3 cm³/mol. The lowest BCUT2D eigenvalue weighted by atomic mass is 10.1. The van der Waals surface area contributed by atoms with Gasteiger partial charge >= 0.3 is 0 Å². The van der Waals surface area contributed by atoms with Crippen molar-refractivity contribution in [2.45, 2.75) is 39.4 Å². The molecule has 0 aliphatic carbocycles. The summed E-state index contributed by atoms with van der Waals surface area (Å²) in [6, 6.07) is 7.26. The van der Waals surface area contributed by atoms with Crippen LogP contribution >= 0.6 is 0 Å². The van der Waals surface area contributed by atoms with Crippen molar-refractivity contribution in [2.75, 3.05) is 0 Å². The number of benzene rings is 1. The molecule has 0 fully saturated rings. The van der Waals surface area contributed by atoms with Crippen molar-refractivity contribution < 1.29 is 9.53 Å². The molecule has 17 heavy (non-hydrogen) atoms. The lowest BCUT2D eigenvalue weighted by Crippen LogP contribution is -2.30. The van der Waals surface area contributed by atoms with E-state index in [0.717, 1.165) is 12.0 Å². The van der Waals surface area contributed by atoms with Crippen LogP contribution in [0.25, 0.3) is 0 Å². The molecule has 0 spiro atoms. The van der Waals surface area contributed by atoms with Crippen LogP contribution in [-0.2, 0) is 11.3 Å². The lowest BCUT2D eigenvalue weighted by Gasteiger charge is -2.23. The van der Waals surface area contributed by atoms with Crippen molar-refractivity contribution >= 4 is 5.91 Å². The normalized spacial score (nSPS) is 11.3. The van der Waals surface area contributed by atoms with Crippen molar-refractivity contribution in [3.63, 3.8) is 0 Å². The molecule has 0 aliphatic rings. The number of amides is 1. The number of hydrogen-bond acceptors (Lipinski definition) is 3. The van der Waals surface area contributed by atoms with Crippen LogP contribution in [0.2, 0.25) is 0 Å². The molecule has 4 nitrogen and oxygen atoms in total. The molecule has 0 unspecified atom stereocenters. The quantitative estimate of drug-likeness (QED) is 0.467. The third-order valence-corrected chi connectivity index (χ3v) is 2.80. The molecule has 0 bridgehead atoms. The lowest BCUT2D eigenvalue weighted by molar-refractivity contribution is -0.0316. The second-order valence-corrected chi connectivity index (χ2v) is 4.58. The molecular formula is C13H20N2O2. The first-order chi connectivity index (χ1) is 7.98. The van der Waals surface area contributed by atoms with Crippen molar-refractivity contribution in [2.24, 2.45) is 5.84 Å². The van der Waals surface area contributed by atoms with Gasteiger partial charge in [0.25, 0.3) is 5.91 Å². The molecule has 0 saturated carbocycles. The number of nitrogens with one attached hydrogen (secondary N) is 1. The summed E-state index contributed by atoms with van der Waals surface area (Å²) >= 11 is 0. The maximum Gasteiger partial charge on any atom is 0.265 e. The summed E-state index contributed by atoms with van der Waals surface area (Å²) in [7, 11) is 0. The fourth-order valence-corrected chi connectivity index (χ4v) is 1.27. The van der Waals surface area contributed by atoms with Crippen molar-refractivity contribution in [1.29, 1.82) is 0 Å². The predicted octanol–water partition coefficient (Wildman–Crippen LogP) is 2.00. The van der Waals surface area contributed by atoms with E-state index in [9.17, 15) is 4.79 Å². The van der Waals surface area contributed by atoms with E-state index in [4.69, 9.17) is 10.6 Å². The molecule has 1 aromatic carbocycles. The zero-order valence-corrected chi connectivity index (χ0v) is 10.6. The van der Waals surface area contributed by atoms with Gasteiger partial charge in [-0.2, -0.15) is 0 Å². The molecular weight excluding hydrogens is 216 g/mol. The van der Waals surface area contributed by atoms with Crippen LogP contribution in [0.5, 0.6) is 0 Å². The van der Waals surface area contributed by atoms with Gasteiger partial charge in [-0.3, -0.25) is 10.2 Å². The molecule has 0 saturated heterocycles. The minimum atomic E-state index is -0.290. The highest BCUT2D eigenvalue weighted by Gasteiger charge is 2.15. The Bertz CT molecular complexity index is 389. The topological polar surface area (TPSA) is 64.3 Å². The van der Waals surface area contributed by atoms with Crippen LogP contribution in [-0.4, -0.2) is 11.5 Å². The summed E-state index contributed by atoms with van der Waals surface area (Å²) in [6.45, 7) is 6.66. The number of hydrogen-bond donors (Lipinski definition) is 2. The molecule has 1 rings (SSSR count). The second-order valence-electron chi connectivity index (χ2n) is 4.58. The third kappa shape index (κ3) is 4.17. The maximum atomic E-state index is 11.3. The van der Waals surface area contributed by atoms with Crippen molar-refractivity contribution in [3.05, 3.63) is 35.4 Å². The first kappa shape index (κ1) is 13.7. The number of carbonyl (C=O) groups is 1. The first-order valence-corrected chi connectivity index (χ1v) is 5.72. The van der Waals surface area contributed by atoms with Crippen molar-refractivity contribution in [3.8, 4) is 0 Å². The fourth-order valence-electron chi connectivity index (χ4n) is 1.27. The van der Waals surface area contributed by atoms with E-state index in [1.807, 2.05) is 26.0 Å². The van der Waals surface area contributed by atoms with Crippen molar-refractivity contribution in [1.82, 2.24) is 5.43 Å². The molecule has 0 atom stereocenters. The number of nitrogen functional groups attached to an aromatic ring is 1. The van der Waals surface area contributed by atoms with E-state index >= 15 is 0 Å². The second kappa shape index (κ2) is 5.80. The molecule has 0 radical (unpaired) electrons. The zero-order valence-electron chi connectivity index (χ0n) is 10.6. The molecule has 1 aromatic rings. The summed E-state index contributed by atoms with van der Waals surface area (Å²) in [6.07, 6.45) is 0.940. The summed E-state index contributed by atoms with van der Waals surface area (Å²) in [5.74, 6) is 4.80. The monoisotopic (exact) mass is 236 g/mol. The Kier molecular flexibility index (Phi) is 4.66. The average Bonchev–Trinajstić information content (AvgIpc) is 2.36. The Morgan fingerprint density at radius 2 is 2.18 bits per heavy atom. The molecule has 0 heterocycles. The van der Waals surface area contributed by atoms with E-state index in [2.05, 4.69) is 12.3 Å².